The Kier molecular flexibility index (Phi) is 6.37. The molecule has 106 valence electrons. The fraction of sp³-hybridized carbons (Fsp3) is 0.417. The highest BCUT2D eigenvalue weighted by molar-refractivity contribution is 6.40. The van der Waals surface area contributed by atoms with Crippen molar-refractivity contribution in [1.29, 1.82) is 0 Å². The van der Waals surface area contributed by atoms with Crippen molar-refractivity contribution in [3.8, 4) is 0 Å². The second kappa shape index (κ2) is 7.55. The molecule has 1 aromatic carbocycles. The van der Waals surface area contributed by atoms with Crippen LogP contribution in [0.25, 0.3) is 0 Å². The first-order chi connectivity index (χ1) is 8.93. The average Bonchev–Trinajstić information content (AvgIpc) is 2.33. The molecule has 0 spiro atoms. The van der Waals surface area contributed by atoms with Crippen LogP contribution in [-0.4, -0.2) is 31.7 Å². The number of nitrogens with zero attached hydrogens (tertiary/aromatic N) is 1. The number of hydrogen-bond acceptors (Lipinski definition) is 4. The van der Waals surface area contributed by atoms with Crippen molar-refractivity contribution in [2.45, 2.75) is 12.8 Å². The van der Waals surface area contributed by atoms with E-state index in [1.165, 1.54) is 0 Å². The number of hydrogen-bond donors (Lipinski definition) is 2. The Labute approximate surface area is 122 Å². The molecule has 0 saturated carbocycles. The third kappa shape index (κ3) is 5.24. The zero-order chi connectivity index (χ0) is 14.4. The fourth-order valence-electron chi connectivity index (χ4n) is 1.47. The molecule has 0 heterocycles. The lowest BCUT2D eigenvalue weighted by Crippen LogP contribution is -2.20. The topological polar surface area (TPSA) is 67.6 Å². The molecule has 5 nitrogen and oxygen atoms in total. The molecular formula is C12H17Cl2N3O2. The van der Waals surface area contributed by atoms with Crippen molar-refractivity contribution in [2.24, 2.45) is 0 Å². The first kappa shape index (κ1) is 16.0. The van der Waals surface area contributed by atoms with Crippen LogP contribution in [0.15, 0.2) is 12.1 Å². The Hall–Kier alpha value is -1.01. The smallest absolute Gasteiger partial charge is 0.224 e. The molecule has 0 radical (unpaired) electrons. The monoisotopic (exact) mass is 305 g/mol. The van der Waals surface area contributed by atoms with Crippen molar-refractivity contribution in [3.05, 3.63) is 22.2 Å². The van der Waals surface area contributed by atoms with Gasteiger partial charge in [-0.1, -0.05) is 23.2 Å². The van der Waals surface area contributed by atoms with Gasteiger partial charge in [0, 0.05) is 25.7 Å². The SMILES string of the molecule is CON(C)CCCC(=O)Nc1c(Cl)cc(N)cc1Cl. The summed E-state index contributed by atoms with van der Waals surface area (Å²) in [6.07, 6.45) is 1.02. The van der Waals surface area contributed by atoms with Crippen LogP contribution in [0, 0.1) is 0 Å². The Bertz CT molecular complexity index is 432. The van der Waals surface area contributed by atoms with Gasteiger partial charge in [0.05, 0.1) is 22.8 Å². The lowest BCUT2D eigenvalue weighted by Gasteiger charge is -2.13. The number of anilines is 2. The molecule has 3 N–H and O–H groups in total. The highest BCUT2D eigenvalue weighted by atomic mass is 35.5. The van der Waals surface area contributed by atoms with Gasteiger partial charge in [0.2, 0.25) is 5.91 Å². The minimum Gasteiger partial charge on any atom is -0.399 e. The molecule has 0 atom stereocenters. The third-order valence-corrected chi connectivity index (χ3v) is 3.11. The number of carbonyl (C=O) groups excluding carboxylic acids is 1. The predicted molar refractivity (Wildman–Crippen MR) is 78.4 cm³/mol. The summed E-state index contributed by atoms with van der Waals surface area (Å²) in [5, 5.41) is 4.98. The number of amides is 1. The van der Waals surface area contributed by atoms with E-state index in [2.05, 4.69) is 5.32 Å². The van der Waals surface area contributed by atoms with Gasteiger partial charge >= 0.3 is 0 Å². The highest BCUT2D eigenvalue weighted by Crippen LogP contribution is 2.32. The van der Waals surface area contributed by atoms with E-state index in [0.717, 1.165) is 0 Å². The van der Waals surface area contributed by atoms with E-state index >= 15 is 0 Å². The molecule has 1 rings (SSSR count). The summed E-state index contributed by atoms with van der Waals surface area (Å²) in [7, 11) is 3.37. The van der Waals surface area contributed by atoms with Gasteiger partial charge in [-0.3, -0.25) is 4.79 Å². The van der Waals surface area contributed by atoms with E-state index < -0.39 is 0 Å². The standard InChI is InChI=1S/C12H17Cl2N3O2/c1-17(19-2)5-3-4-11(18)16-12-9(13)6-8(15)7-10(12)14/h6-7H,3-5,15H2,1-2H3,(H,16,18). The molecular weight excluding hydrogens is 289 g/mol. The molecule has 19 heavy (non-hydrogen) atoms. The summed E-state index contributed by atoms with van der Waals surface area (Å²) >= 11 is 12.0. The van der Waals surface area contributed by atoms with E-state index in [1.54, 1.807) is 31.4 Å². The van der Waals surface area contributed by atoms with Gasteiger partial charge in [0.1, 0.15) is 0 Å². The highest BCUT2D eigenvalue weighted by Gasteiger charge is 2.11. The van der Waals surface area contributed by atoms with Gasteiger partial charge in [-0.2, -0.15) is 5.06 Å². The maximum atomic E-state index is 11.8. The Morgan fingerprint density at radius 2 is 2.00 bits per heavy atom. The van der Waals surface area contributed by atoms with E-state index in [0.29, 0.717) is 40.8 Å². The van der Waals surface area contributed by atoms with Crippen molar-refractivity contribution in [1.82, 2.24) is 5.06 Å². The number of nitrogens with one attached hydrogen (secondary N) is 1. The first-order valence-corrected chi connectivity index (χ1v) is 6.49. The number of nitrogens with two attached hydrogens (primary N) is 1. The van der Waals surface area contributed by atoms with Crippen LogP contribution >= 0.6 is 23.2 Å². The molecule has 0 aliphatic rings. The van der Waals surface area contributed by atoms with E-state index in [9.17, 15) is 4.79 Å². The quantitative estimate of drug-likeness (QED) is 0.626. The molecule has 0 aromatic heterocycles. The normalized spacial score (nSPS) is 10.8. The Morgan fingerprint density at radius 3 is 2.53 bits per heavy atom. The summed E-state index contributed by atoms with van der Waals surface area (Å²) in [6, 6.07) is 3.09. The summed E-state index contributed by atoms with van der Waals surface area (Å²) in [6.45, 7) is 0.660. The fourth-order valence-corrected chi connectivity index (χ4v) is 2.07. The minimum atomic E-state index is -0.155. The number of carbonyl (C=O) groups is 1. The minimum absolute atomic E-state index is 0.155. The molecule has 7 heteroatoms. The molecule has 0 aliphatic heterocycles. The van der Waals surface area contributed by atoms with Crippen molar-refractivity contribution in [2.75, 3.05) is 31.8 Å². The third-order valence-electron chi connectivity index (χ3n) is 2.52. The second-order valence-corrected chi connectivity index (χ2v) is 4.86. The lowest BCUT2D eigenvalue weighted by molar-refractivity contribution is -0.119. The molecule has 0 aliphatic carbocycles. The van der Waals surface area contributed by atoms with Crippen molar-refractivity contribution >= 4 is 40.5 Å². The van der Waals surface area contributed by atoms with Crippen LogP contribution in [0.2, 0.25) is 10.0 Å². The molecule has 0 unspecified atom stereocenters. The van der Waals surface area contributed by atoms with Gasteiger partial charge in [0.25, 0.3) is 0 Å². The maximum Gasteiger partial charge on any atom is 0.224 e. The summed E-state index contributed by atoms with van der Waals surface area (Å²) in [5.41, 5.74) is 6.43. The number of halogens is 2. The summed E-state index contributed by atoms with van der Waals surface area (Å²) < 4.78 is 0. The Morgan fingerprint density at radius 1 is 1.42 bits per heavy atom. The molecule has 0 saturated heterocycles. The predicted octanol–water partition coefficient (Wildman–Crippen LogP) is 2.79. The van der Waals surface area contributed by atoms with Crippen LogP contribution < -0.4 is 11.1 Å². The maximum absolute atomic E-state index is 11.8. The van der Waals surface area contributed by atoms with Crippen molar-refractivity contribution < 1.29 is 9.63 Å². The summed E-state index contributed by atoms with van der Waals surface area (Å²) in [4.78, 5) is 16.7. The first-order valence-electron chi connectivity index (χ1n) is 5.73. The van der Waals surface area contributed by atoms with E-state index in [-0.39, 0.29) is 5.91 Å². The van der Waals surface area contributed by atoms with Gasteiger partial charge in [-0.05, 0) is 18.6 Å². The van der Waals surface area contributed by atoms with Gasteiger partial charge in [0.15, 0.2) is 0 Å². The van der Waals surface area contributed by atoms with Gasteiger partial charge in [-0.15, -0.1) is 0 Å². The van der Waals surface area contributed by atoms with Crippen LogP contribution in [0.3, 0.4) is 0 Å². The van der Waals surface area contributed by atoms with Crippen LogP contribution in [0.4, 0.5) is 11.4 Å². The zero-order valence-electron chi connectivity index (χ0n) is 10.9. The average molecular weight is 306 g/mol. The zero-order valence-corrected chi connectivity index (χ0v) is 12.4. The second-order valence-electron chi connectivity index (χ2n) is 4.05. The molecule has 1 aromatic rings. The number of benzene rings is 1. The number of rotatable bonds is 6. The molecule has 0 fully saturated rings. The largest absolute Gasteiger partial charge is 0.399 e. The van der Waals surface area contributed by atoms with Crippen LogP contribution in [-0.2, 0) is 9.63 Å². The lowest BCUT2D eigenvalue weighted by atomic mass is 10.2. The number of hydroxylamine groups is 2. The van der Waals surface area contributed by atoms with Crippen molar-refractivity contribution in [3.63, 3.8) is 0 Å². The Balaban J connectivity index is 2.53. The van der Waals surface area contributed by atoms with Gasteiger partial charge < -0.3 is 15.9 Å². The molecule has 1 amide bonds. The van der Waals surface area contributed by atoms with E-state index in [4.69, 9.17) is 33.8 Å². The van der Waals surface area contributed by atoms with E-state index in [1.807, 2.05) is 0 Å². The molecule has 0 bridgehead atoms. The van der Waals surface area contributed by atoms with Gasteiger partial charge in [-0.25, -0.2) is 0 Å². The van der Waals surface area contributed by atoms with Crippen LogP contribution in [0.5, 0.6) is 0 Å². The number of nitrogen functional groups attached to an aromatic ring is 1. The van der Waals surface area contributed by atoms with Crippen LogP contribution in [0.1, 0.15) is 12.8 Å². The summed E-state index contributed by atoms with van der Waals surface area (Å²) in [5.74, 6) is -0.155.